The summed E-state index contributed by atoms with van der Waals surface area (Å²) in [6.45, 7) is 0. The summed E-state index contributed by atoms with van der Waals surface area (Å²) in [5.41, 5.74) is 1.54. The number of alkyl halides is 1. The molecule has 0 aromatic heterocycles. The lowest BCUT2D eigenvalue weighted by Gasteiger charge is -2.14. The minimum atomic E-state index is -0.293. The van der Waals surface area contributed by atoms with Gasteiger partial charge >= 0.3 is 0 Å². The third-order valence-electron chi connectivity index (χ3n) is 2.97. The van der Waals surface area contributed by atoms with Crippen LogP contribution in [0, 0.1) is 5.82 Å². The van der Waals surface area contributed by atoms with Gasteiger partial charge in [-0.1, -0.05) is 45.7 Å². The molecule has 1 nitrogen and oxygen atoms in total. The van der Waals surface area contributed by atoms with Crippen LogP contribution in [-0.2, 0) is 6.42 Å². The topological polar surface area (TPSA) is 9.23 Å². The van der Waals surface area contributed by atoms with E-state index in [1.54, 1.807) is 13.2 Å². The van der Waals surface area contributed by atoms with Crippen molar-refractivity contribution in [1.29, 1.82) is 0 Å². The maximum Gasteiger partial charge on any atom is 0.128 e. The molecule has 1 unspecified atom stereocenters. The van der Waals surface area contributed by atoms with Crippen molar-refractivity contribution >= 4 is 43.5 Å². The summed E-state index contributed by atoms with van der Waals surface area (Å²) in [7, 11) is 1.62. The first kappa shape index (κ1) is 15.8. The van der Waals surface area contributed by atoms with E-state index in [1.807, 2.05) is 24.3 Å². The molecule has 0 aliphatic carbocycles. The van der Waals surface area contributed by atoms with Gasteiger partial charge in [-0.25, -0.2) is 4.39 Å². The Morgan fingerprint density at radius 2 is 2.00 bits per heavy atom. The van der Waals surface area contributed by atoms with E-state index in [0.29, 0.717) is 21.5 Å². The molecule has 5 heteroatoms. The standard InChI is InChI=1S/C15H12Br2ClFO/c1-20-15-5-3-2-4-9(15)6-11(16)10-7-13(18)12(17)8-14(10)19/h2-5,7-8,11H,6H2,1H3. The lowest BCUT2D eigenvalue weighted by Crippen LogP contribution is -2.01. The van der Waals surface area contributed by atoms with Gasteiger partial charge < -0.3 is 4.74 Å². The van der Waals surface area contributed by atoms with Crippen molar-refractivity contribution in [2.75, 3.05) is 7.11 Å². The van der Waals surface area contributed by atoms with Crippen molar-refractivity contribution in [2.24, 2.45) is 0 Å². The second-order valence-electron chi connectivity index (χ2n) is 4.27. The zero-order valence-electron chi connectivity index (χ0n) is 10.7. The summed E-state index contributed by atoms with van der Waals surface area (Å²) in [5, 5.41) is 0.492. The Morgan fingerprint density at radius 1 is 1.30 bits per heavy atom. The van der Waals surface area contributed by atoms with Crippen LogP contribution in [0.25, 0.3) is 0 Å². The lowest BCUT2D eigenvalue weighted by atomic mass is 10.0. The third-order valence-corrected chi connectivity index (χ3v) is 4.98. The molecule has 106 valence electrons. The summed E-state index contributed by atoms with van der Waals surface area (Å²) in [6, 6.07) is 10.7. The van der Waals surface area contributed by atoms with Gasteiger partial charge in [-0.05, 0) is 46.1 Å². The maximum absolute atomic E-state index is 14.0. The Hall–Kier alpha value is -0.580. The summed E-state index contributed by atoms with van der Waals surface area (Å²) < 4.78 is 19.9. The molecular formula is C15H12Br2ClFO. The monoisotopic (exact) mass is 420 g/mol. The van der Waals surface area contributed by atoms with E-state index >= 15 is 0 Å². The van der Waals surface area contributed by atoms with Gasteiger partial charge in [0.2, 0.25) is 0 Å². The third kappa shape index (κ3) is 3.54. The molecule has 1 atom stereocenters. The number of rotatable bonds is 4. The number of ether oxygens (including phenoxy) is 1. The van der Waals surface area contributed by atoms with Gasteiger partial charge in [-0.15, -0.1) is 0 Å². The molecule has 0 amide bonds. The molecule has 2 aromatic carbocycles. The Balaban J connectivity index is 2.28. The normalized spacial score (nSPS) is 12.2. The first-order chi connectivity index (χ1) is 9.52. The van der Waals surface area contributed by atoms with E-state index in [2.05, 4.69) is 31.9 Å². The van der Waals surface area contributed by atoms with Gasteiger partial charge in [0, 0.05) is 14.9 Å². The van der Waals surface area contributed by atoms with Crippen LogP contribution in [0.2, 0.25) is 5.02 Å². The predicted octanol–water partition coefficient (Wildman–Crippen LogP) is 5.93. The Labute approximate surface area is 139 Å². The summed E-state index contributed by atoms with van der Waals surface area (Å²) in [4.78, 5) is -0.176. The molecule has 2 rings (SSSR count). The Kier molecular flexibility index (Phi) is 5.47. The first-order valence-corrected chi connectivity index (χ1v) is 8.02. The van der Waals surface area contributed by atoms with Gasteiger partial charge in [0.05, 0.1) is 12.1 Å². The second kappa shape index (κ2) is 6.92. The number of halogens is 4. The molecule has 2 aromatic rings. The van der Waals surface area contributed by atoms with E-state index in [1.165, 1.54) is 6.07 Å². The summed E-state index contributed by atoms with van der Waals surface area (Å²) in [6.07, 6.45) is 0.610. The van der Waals surface area contributed by atoms with Gasteiger partial charge in [0.15, 0.2) is 0 Å². The van der Waals surface area contributed by atoms with Crippen LogP contribution in [0.5, 0.6) is 5.75 Å². The summed E-state index contributed by atoms with van der Waals surface area (Å²) in [5.74, 6) is 0.499. The van der Waals surface area contributed by atoms with Crippen molar-refractivity contribution in [3.63, 3.8) is 0 Å². The van der Waals surface area contributed by atoms with Gasteiger partial charge in [0.25, 0.3) is 0 Å². The maximum atomic E-state index is 14.0. The predicted molar refractivity (Wildman–Crippen MR) is 87.5 cm³/mol. The first-order valence-electron chi connectivity index (χ1n) is 5.93. The molecule has 0 fully saturated rings. The second-order valence-corrected chi connectivity index (χ2v) is 6.64. The molecule has 0 spiro atoms. The van der Waals surface area contributed by atoms with Crippen molar-refractivity contribution in [2.45, 2.75) is 11.2 Å². The lowest BCUT2D eigenvalue weighted by molar-refractivity contribution is 0.409. The zero-order valence-corrected chi connectivity index (χ0v) is 14.6. The quantitative estimate of drug-likeness (QED) is 0.438. The van der Waals surface area contributed by atoms with Gasteiger partial charge in [-0.3, -0.25) is 0 Å². The largest absolute Gasteiger partial charge is 0.496 e. The van der Waals surface area contributed by atoms with Crippen molar-refractivity contribution in [3.8, 4) is 5.75 Å². The van der Waals surface area contributed by atoms with Crippen LogP contribution in [0.4, 0.5) is 4.39 Å². The molecule has 0 heterocycles. The molecular weight excluding hydrogens is 410 g/mol. The Bertz CT molecular complexity index is 619. The molecule has 20 heavy (non-hydrogen) atoms. The summed E-state index contributed by atoms with van der Waals surface area (Å²) >= 11 is 12.8. The highest BCUT2D eigenvalue weighted by molar-refractivity contribution is 9.10. The van der Waals surface area contributed by atoms with Crippen LogP contribution >= 0.6 is 43.5 Å². The minimum Gasteiger partial charge on any atom is -0.496 e. The SMILES string of the molecule is COc1ccccc1CC(Br)c1cc(Cl)c(Br)cc1F. The van der Waals surface area contributed by atoms with E-state index in [4.69, 9.17) is 16.3 Å². The molecule has 0 radical (unpaired) electrons. The van der Waals surface area contributed by atoms with E-state index in [9.17, 15) is 4.39 Å². The zero-order chi connectivity index (χ0) is 14.7. The van der Waals surface area contributed by atoms with E-state index in [0.717, 1.165) is 11.3 Å². The number of hydrogen-bond acceptors (Lipinski definition) is 1. The van der Waals surface area contributed by atoms with E-state index < -0.39 is 0 Å². The molecule has 0 N–H and O–H groups in total. The average Bonchev–Trinajstić information content (AvgIpc) is 2.43. The highest BCUT2D eigenvalue weighted by atomic mass is 79.9. The molecule has 0 saturated carbocycles. The van der Waals surface area contributed by atoms with E-state index in [-0.39, 0.29) is 10.6 Å². The van der Waals surface area contributed by atoms with Crippen LogP contribution in [0.3, 0.4) is 0 Å². The molecule has 0 bridgehead atoms. The average molecular weight is 423 g/mol. The van der Waals surface area contributed by atoms with Gasteiger partial charge in [-0.2, -0.15) is 0 Å². The highest BCUT2D eigenvalue weighted by Crippen LogP contribution is 2.35. The van der Waals surface area contributed by atoms with Crippen LogP contribution < -0.4 is 4.74 Å². The van der Waals surface area contributed by atoms with Crippen molar-refractivity contribution in [1.82, 2.24) is 0 Å². The van der Waals surface area contributed by atoms with Crippen LogP contribution in [0.15, 0.2) is 40.9 Å². The number of hydrogen-bond donors (Lipinski definition) is 0. The smallest absolute Gasteiger partial charge is 0.128 e. The molecule has 0 aliphatic heterocycles. The van der Waals surface area contributed by atoms with Crippen molar-refractivity contribution in [3.05, 3.63) is 62.8 Å². The Morgan fingerprint density at radius 3 is 2.70 bits per heavy atom. The minimum absolute atomic E-state index is 0.176. The van der Waals surface area contributed by atoms with Crippen LogP contribution in [0.1, 0.15) is 16.0 Å². The fourth-order valence-electron chi connectivity index (χ4n) is 1.95. The number of benzene rings is 2. The molecule has 0 saturated heterocycles. The fourth-order valence-corrected chi connectivity index (χ4v) is 3.14. The fraction of sp³-hybridized carbons (Fsp3) is 0.200. The number of methoxy groups -OCH3 is 1. The van der Waals surface area contributed by atoms with Crippen molar-refractivity contribution < 1.29 is 9.13 Å². The van der Waals surface area contributed by atoms with Gasteiger partial charge in [0.1, 0.15) is 11.6 Å². The highest BCUT2D eigenvalue weighted by Gasteiger charge is 2.17. The number of para-hydroxylation sites is 1. The van der Waals surface area contributed by atoms with Crippen LogP contribution in [-0.4, -0.2) is 7.11 Å². The molecule has 0 aliphatic rings.